The fourth-order valence-electron chi connectivity index (χ4n) is 1.57. The first kappa shape index (κ1) is 15.2. The van der Waals surface area contributed by atoms with Crippen LogP contribution in [0.2, 0.25) is 0 Å². The van der Waals surface area contributed by atoms with Crippen LogP contribution >= 0.6 is 0 Å². The number of ether oxygens (including phenoxy) is 1. The second-order valence-electron chi connectivity index (χ2n) is 5.17. The van der Waals surface area contributed by atoms with E-state index in [1.807, 2.05) is 0 Å². The van der Waals surface area contributed by atoms with E-state index in [-0.39, 0.29) is 0 Å². The first-order chi connectivity index (χ1) is 8.58. The largest absolute Gasteiger partial charge is 0.467 e. The van der Waals surface area contributed by atoms with Gasteiger partial charge in [-0.2, -0.15) is 0 Å². The zero-order chi connectivity index (χ0) is 13.4. The first-order valence-electron chi connectivity index (χ1n) is 6.60. The standard InChI is InChI=1S/C14H26N2O2/c1-12(2)15-9-13-8-14(18-10-13)11-17-7-5-6-16(3)4/h8,10,12,15H,5-7,9,11H2,1-4H3. The van der Waals surface area contributed by atoms with E-state index in [1.165, 1.54) is 5.56 Å². The van der Waals surface area contributed by atoms with Crippen molar-refractivity contribution in [2.75, 3.05) is 27.2 Å². The Morgan fingerprint density at radius 1 is 1.39 bits per heavy atom. The van der Waals surface area contributed by atoms with Gasteiger partial charge in [0, 0.05) is 24.8 Å². The van der Waals surface area contributed by atoms with E-state index in [4.69, 9.17) is 9.15 Å². The van der Waals surface area contributed by atoms with Crippen LogP contribution in [0.1, 0.15) is 31.6 Å². The lowest BCUT2D eigenvalue weighted by Gasteiger charge is -2.08. The second-order valence-corrected chi connectivity index (χ2v) is 5.17. The van der Waals surface area contributed by atoms with Gasteiger partial charge in [-0.05, 0) is 33.1 Å². The molecule has 0 amide bonds. The molecule has 0 bridgehead atoms. The fraction of sp³-hybridized carbons (Fsp3) is 0.714. The Kier molecular flexibility index (Phi) is 7.01. The molecular weight excluding hydrogens is 228 g/mol. The minimum absolute atomic E-state index is 0.491. The third-order valence-corrected chi connectivity index (χ3v) is 2.56. The van der Waals surface area contributed by atoms with Gasteiger partial charge in [0.05, 0.1) is 6.26 Å². The van der Waals surface area contributed by atoms with Gasteiger partial charge in [0.15, 0.2) is 0 Å². The topological polar surface area (TPSA) is 37.6 Å². The molecule has 104 valence electrons. The van der Waals surface area contributed by atoms with Crippen LogP contribution in [0.3, 0.4) is 0 Å². The molecule has 1 aromatic heterocycles. The van der Waals surface area contributed by atoms with E-state index in [0.717, 1.165) is 31.9 Å². The predicted molar refractivity (Wildman–Crippen MR) is 73.5 cm³/mol. The van der Waals surface area contributed by atoms with E-state index in [9.17, 15) is 0 Å². The Hall–Kier alpha value is -0.840. The summed E-state index contributed by atoms with van der Waals surface area (Å²) in [4.78, 5) is 2.16. The highest BCUT2D eigenvalue weighted by molar-refractivity contribution is 5.12. The number of nitrogens with zero attached hydrogens (tertiary/aromatic N) is 1. The summed E-state index contributed by atoms with van der Waals surface area (Å²) in [5, 5.41) is 3.36. The zero-order valence-electron chi connectivity index (χ0n) is 12.0. The van der Waals surface area contributed by atoms with Gasteiger partial charge in [0.25, 0.3) is 0 Å². The second kappa shape index (κ2) is 8.29. The maximum Gasteiger partial charge on any atom is 0.129 e. The third-order valence-electron chi connectivity index (χ3n) is 2.56. The van der Waals surface area contributed by atoms with Crippen molar-refractivity contribution in [1.29, 1.82) is 0 Å². The zero-order valence-corrected chi connectivity index (χ0v) is 12.0. The molecule has 1 heterocycles. The summed E-state index contributed by atoms with van der Waals surface area (Å²) in [6, 6.07) is 2.55. The summed E-state index contributed by atoms with van der Waals surface area (Å²) in [5.41, 5.74) is 1.18. The Morgan fingerprint density at radius 2 is 2.17 bits per heavy atom. The van der Waals surface area contributed by atoms with Gasteiger partial charge in [-0.15, -0.1) is 0 Å². The van der Waals surface area contributed by atoms with Crippen LogP contribution in [0, 0.1) is 0 Å². The molecule has 18 heavy (non-hydrogen) atoms. The maximum atomic E-state index is 5.57. The molecule has 1 aromatic rings. The number of furan rings is 1. The van der Waals surface area contributed by atoms with Crippen LogP contribution in [0.4, 0.5) is 0 Å². The molecule has 0 atom stereocenters. The van der Waals surface area contributed by atoms with Crippen molar-refractivity contribution >= 4 is 0 Å². The Balaban J connectivity index is 2.15. The highest BCUT2D eigenvalue weighted by atomic mass is 16.5. The molecule has 0 aliphatic rings. The molecule has 4 nitrogen and oxygen atoms in total. The molecule has 0 aliphatic heterocycles. The van der Waals surface area contributed by atoms with Crippen LogP contribution in [-0.2, 0) is 17.9 Å². The van der Waals surface area contributed by atoms with Crippen LogP contribution in [0.15, 0.2) is 16.7 Å². The molecule has 0 aliphatic carbocycles. The van der Waals surface area contributed by atoms with E-state index in [1.54, 1.807) is 6.26 Å². The lowest BCUT2D eigenvalue weighted by atomic mass is 10.3. The van der Waals surface area contributed by atoms with Crippen molar-refractivity contribution in [2.24, 2.45) is 0 Å². The summed E-state index contributed by atoms with van der Waals surface area (Å²) >= 11 is 0. The third kappa shape index (κ3) is 6.79. The van der Waals surface area contributed by atoms with Gasteiger partial charge in [-0.25, -0.2) is 0 Å². The molecule has 0 spiro atoms. The van der Waals surface area contributed by atoms with Crippen molar-refractivity contribution < 1.29 is 9.15 Å². The highest BCUT2D eigenvalue weighted by Gasteiger charge is 2.02. The van der Waals surface area contributed by atoms with Crippen molar-refractivity contribution in [3.63, 3.8) is 0 Å². The molecule has 1 N–H and O–H groups in total. The van der Waals surface area contributed by atoms with Crippen LogP contribution < -0.4 is 5.32 Å². The summed E-state index contributed by atoms with van der Waals surface area (Å²) in [6.07, 6.45) is 2.85. The fourth-order valence-corrected chi connectivity index (χ4v) is 1.57. The summed E-state index contributed by atoms with van der Waals surface area (Å²) in [5.74, 6) is 0.903. The average Bonchev–Trinajstić information content (AvgIpc) is 2.73. The van der Waals surface area contributed by atoms with E-state index in [2.05, 4.69) is 44.2 Å². The van der Waals surface area contributed by atoms with Crippen LogP contribution in [-0.4, -0.2) is 38.2 Å². The first-order valence-corrected chi connectivity index (χ1v) is 6.60. The smallest absolute Gasteiger partial charge is 0.129 e. The average molecular weight is 254 g/mol. The van der Waals surface area contributed by atoms with Gasteiger partial charge >= 0.3 is 0 Å². The SMILES string of the molecule is CC(C)NCc1coc(COCCCN(C)C)c1. The summed E-state index contributed by atoms with van der Waals surface area (Å²) < 4.78 is 11.0. The molecule has 0 fully saturated rings. The predicted octanol–water partition coefficient (Wildman–Crippen LogP) is 2.25. The molecule has 4 heteroatoms. The lowest BCUT2D eigenvalue weighted by molar-refractivity contribution is 0.0994. The maximum absolute atomic E-state index is 5.57. The van der Waals surface area contributed by atoms with E-state index < -0.39 is 0 Å². The van der Waals surface area contributed by atoms with Crippen LogP contribution in [0.5, 0.6) is 0 Å². The molecule has 0 saturated carbocycles. The van der Waals surface area contributed by atoms with Gasteiger partial charge in [0.1, 0.15) is 12.4 Å². The lowest BCUT2D eigenvalue weighted by Crippen LogP contribution is -2.21. The van der Waals surface area contributed by atoms with Crippen molar-refractivity contribution in [2.45, 2.75) is 39.5 Å². The van der Waals surface area contributed by atoms with Crippen molar-refractivity contribution in [1.82, 2.24) is 10.2 Å². The number of nitrogens with one attached hydrogen (secondary N) is 1. The minimum atomic E-state index is 0.491. The van der Waals surface area contributed by atoms with Gasteiger partial charge < -0.3 is 19.4 Å². The monoisotopic (exact) mass is 254 g/mol. The van der Waals surface area contributed by atoms with Crippen LogP contribution in [0.25, 0.3) is 0 Å². The Bertz CT molecular complexity index is 321. The number of hydrogen-bond acceptors (Lipinski definition) is 4. The number of hydrogen-bond donors (Lipinski definition) is 1. The Morgan fingerprint density at radius 3 is 2.83 bits per heavy atom. The van der Waals surface area contributed by atoms with E-state index >= 15 is 0 Å². The van der Waals surface area contributed by atoms with Gasteiger partial charge in [-0.1, -0.05) is 13.8 Å². The molecule has 0 radical (unpaired) electrons. The van der Waals surface area contributed by atoms with Crippen molar-refractivity contribution in [3.05, 3.63) is 23.7 Å². The summed E-state index contributed by atoms with van der Waals surface area (Å²) in [7, 11) is 4.14. The van der Waals surface area contributed by atoms with Crippen molar-refractivity contribution in [3.8, 4) is 0 Å². The highest BCUT2D eigenvalue weighted by Crippen LogP contribution is 2.09. The van der Waals surface area contributed by atoms with E-state index in [0.29, 0.717) is 12.6 Å². The normalized spacial score (nSPS) is 11.7. The van der Waals surface area contributed by atoms with Gasteiger partial charge in [0.2, 0.25) is 0 Å². The molecule has 0 unspecified atom stereocenters. The van der Waals surface area contributed by atoms with Gasteiger partial charge in [-0.3, -0.25) is 0 Å². The molecule has 0 saturated heterocycles. The Labute approximate surface area is 110 Å². The minimum Gasteiger partial charge on any atom is -0.467 e. The molecular formula is C14H26N2O2. The quantitative estimate of drug-likeness (QED) is 0.686. The summed E-state index contributed by atoms with van der Waals surface area (Å²) in [6.45, 7) is 7.51. The molecule has 1 rings (SSSR count). The number of rotatable bonds is 9. The molecule has 0 aromatic carbocycles.